The van der Waals surface area contributed by atoms with Crippen LogP contribution in [0.15, 0.2) is 71.6 Å². The Balaban J connectivity index is 1.52. The van der Waals surface area contributed by atoms with Crippen LogP contribution in [-0.2, 0) is 10.0 Å². The van der Waals surface area contributed by atoms with Crippen molar-refractivity contribution >= 4 is 33.1 Å². The standard InChI is InChI=1S/C24H24FN3O5S/c1-33-18-7-9-19(10-8-18)34(31,32)26-17-6-11-22(20(16-17)24(29)30)27-12-14-28(15-13-27)23-5-3-2-4-21(23)25/h2-11,16,26H,12-15H2,1H3,(H,29,30). The van der Waals surface area contributed by atoms with Crippen molar-refractivity contribution in [2.45, 2.75) is 4.90 Å². The molecule has 0 radical (unpaired) electrons. The molecule has 4 rings (SSSR count). The first-order valence-corrected chi connectivity index (χ1v) is 12.1. The van der Waals surface area contributed by atoms with E-state index in [1.807, 2.05) is 9.80 Å². The second-order valence-electron chi connectivity index (χ2n) is 7.74. The van der Waals surface area contributed by atoms with E-state index in [0.29, 0.717) is 43.3 Å². The van der Waals surface area contributed by atoms with Crippen molar-refractivity contribution in [1.29, 1.82) is 0 Å². The smallest absolute Gasteiger partial charge is 0.337 e. The van der Waals surface area contributed by atoms with Crippen molar-refractivity contribution in [3.63, 3.8) is 0 Å². The van der Waals surface area contributed by atoms with Crippen LogP contribution in [0.1, 0.15) is 10.4 Å². The molecule has 0 bridgehead atoms. The number of ether oxygens (including phenoxy) is 1. The van der Waals surface area contributed by atoms with E-state index in [1.54, 1.807) is 24.3 Å². The number of sulfonamides is 1. The van der Waals surface area contributed by atoms with Gasteiger partial charge in [-0.1, -0.05) is 12.1 Å². The van der Waals surface area contributed by atoms with E-state index in [9.17, 15) is 22.7 Å². The van der Waals surface area contributed by atoms with E-state index in [2.05, 4.69) is 4.72 Å². The van der Waals surface area contributed by atoms with E-state index in [1.165, 1.54) is 49.6 Å². The van der Waals surface area contributed by atoms with Gasteiger partial charge in [0.1, 0.15) is 11.6 Å². The number of nitrogens with one attached hydrogen (secondary N) is 1. The van der Waals surface area contributed by atoms with Crippen LogP contribution in [-0.4, -0.2) is 52.8 Å². The van der Waals surface area contributed by atoms with Crippen molar-refractivity contribution in [2.75, 3.05) is 47.8 Å². The third kappa shape index (κ3) is 4.91. The average Bonchev–Trinajstić information content (AvgIpc) is 2.84. The highest BCUT2D eigenvalue weighted by atomic mass is 32.2. The molecule has 10 heteroatoms. The number of para-hydroxylation sites is 1. The van der Waals surface area contributed by atoms with Gasteiger partial charge in [0.2, 0.25) is 0 Å². The molecule has 0 aromatic heterocycles. The van der Waals surface area contributed by atoms with Crippen molar-refractivity contribution in [3.05, 3.63) is 78.1 Å². The first-order chi connectivity index (χ1) is 16.3. The molecule has 178 valence electrons. The molecule has 1 fully saturated rings. The number of benzene rings is 3. The lowest BCUT2D eigenvalue weighted by molar-refractivity contribution is 0.0697. The third-order valence-electron chi connectivity index (χ3n) is 5.66. The molecule has 0 amide bonds. The predicted octanol–water partition coefficient (Wildman–Crippen LogP) is 3.66. The molecule has 0 unspecified atom stereocenters. The summed E-state index contributed by atoms with van der Waals surface area (Å²) >= 11 is 0. The van der Waals surface area contributed by atoms with Crippen molar-refractivity contribution in [2.24, 2.45) is 0 Å². The second kappa shape index (κ2) is 9.60. The number of rotatable bonds is 7. The minimum absolute atomic E-state index is 0.0192. The first kappa shape index (κ1) is 23.4. The highest BCUT2D eigenvalue weighted by molar-refractivity contribution is 7.92. The summed E-state index contributed by atoms with van der Waals surface area (Å²) in [4.78, 5) is 15.8. The number of halogens is 1. The van der Waals surface area contributed by atoms with E-state index in [4.69, 9.17) is 4.74 Å². The third-order valence-corrected chi connectivity index (χ3v) is 7.06. The van der Waals surface area contributed by atoms with E-state index in [-0.39, 0.29) is 22.0 Å². The maximum Gasteiger partial charge on any atom is 0.337 e. The monoisotopic (exact) mass is 485 g/mol. The minimum Gasteiger partial charge on any atom is -0.497 e. The van der Waals surface area contributed by atoms with Crippen molar-refractivity contribution in [3.8, 4) is 5.75 Å². The summed E-state index contributed by atoms with van der Waals surface area (Å²) in [6, 6.07) is 16.8. The summed E-state index contributed by atoms with van der Waals surface area (Å²) in [6.07, 6.45) is 0. The number of methoxy groups -OCH3 is 1. The average molecular weight is 486 g/mol. The van der Waals surface area contributed by atoms with Crippen molar-refractivity contribution in [1.82, 2.24) is 0 Å². The highest BCUT2D eigenvalue weighted by Gasteiger charge is 2.24. The van der Waals surface area contributed by atoms with Crippen LogP contribution in [0, 0.1) is 5.82 Å². The van der Waals surface area contributed by atoms with Crippen LogP contribution in [0.2, 0.25) is 0 Å². The van der Waals surface area contributed by atoms with Gasteiger partial charge >= 0.3 is 5.97 Å². The lowest BCUT2D eigenvalue weighted by Gasteiger charge is -2.38. The molecule has 0 atom stereocenters. The maximum absolute atomic E-state index is 14.1. The highest BCUT2D eigenvalue weighted by Crippen LogP contribution is 2.29. The van der Waals surface area contributed by atoms with Gasteiger partial charge in [-0.15, -0.1) is 0 Å². The lowest BCUT2D eigenvalue weighted by atomic mass is 10.1. The number of carboxylic acid groups (broad SMARTS) is 1. The summed E-state index contributed by atoms with van der Waals surface area (Å²) < 4.78 is 47.0. The number of carboxylic acids is 1. The van der Waals surface area contributed by atoms with Gasteiger partial charge < -0.3 is 19.6 Å². The Morgan fingerprint density at radius 2 is 1.56 bits per heavy atom. The fourth-order valence-corrected chi connectivity index (χ4v) is 4.96. The Hall–Kier alpha value is -3.79. The van der Waals surface area contributed by atoms with Gasteiger partial charge in [-0.2, -0.15) is 0 Å². The zero-order valence-electron chi connectivity index (χ0n) is 18.4. The number of anilines is 3. The second-order valence-corrected chi connectivity index (χ2v) is 9.43. The normalized spacial score (nSPS) is 14.1. The molecular formula is C24H24FN3O5S. The molecule has 34 heavy (non-hydrogen) atoms. The number of hydrogen-bond donors (Lipinski definition) is 2. The molecule has 1 aliphatic rings. The van der Waals surface area contributed by atoms with Gasteiger partial charge in [0.05, 0.1) is 28.9 Å². The SMILES string of the molecule is COc1ccc(S(=O)(=O)Nc2ccc(N3CCN(c4ccccc4F)CC3)c(C(=O)O)c2)cc1. The summed E-state index contributed by atoms with van der Waals surface area (Å²) in [6.45, 7) is 2.02. The van der Waals surface area contributed by atoms with Crippen LogP contribution in [0.3, 0.4) is 0 Å². The number of nitrogens with zero attached hydrogens (tertiary/aromatic N) is 2. The molecular weight excluding hydrogens is 461 g/mol. The Labute approximate surface area is 197 Å². The molecule has 8 nitrogen and oxygen atoms in total. The number of piperazine rings is 1. The topological polar surface area (TPSA) is 99.2 Å². The fourth-order valence-electron chi connectivity index (χ4n) is 3.91. The van der Waals surface area contributed by atoms with Crippen molar-refractivity contribution < 1.29 is 27.4 Å². The van der Waals surface area contributed by atoms with Gasteiger partial charge in [0.15, 0.2) is 0 Å². The van der Waals surface area contributed by atoms with E-state index < -0.39 is 16.0 Å². The van der Waals surface area contributed by atoms with Gasteiger partial charge in [-0.3, -0.25) is 4.72 Å². The van der Waals surface area contributed by atoms with E-state index in [0.717, 1.165) is 0 Å². The summed E-state index contributed by atoms with van der Waals surface area (Å²) in [5.41, 5.74) is 1.12. The van der Waals surface area contributed by atoms with Crippen LogP contribution >= 0.6 is 0 Å². The Kier molecular flexibility index (Phi) is 6.60. The Bertz CT molecular complexity index is 1290. The van der Waals surface area contributed by atoms with Crippen LogP contribution < -0.4 is 19.3 Å². The summed E-state index contributed by atoms with van der Waals surface area (Å²) in [7, 11) is -2.43. The number of carbonyl (C=O) groups is 1. The molecule has 0 spiro atoms. The summed E-state index contributed by atoms with van der Waals surface area (Å²) in [5.74, 6) is -0.945. The zero-order chi connectivity index (χ0) is 24.3. The van der Waals surface area contributed by atoms with Gasteiger partial charge in [0.25, 0.3) is 10.0 Å². The van der Waals surface area contributed by atoms with Crippen LogP contribution in [0.25, 0.3) is 0 Å². The molecule has 1 heterocycles. The Morgan fingerprint density at radius 3 is 2.15 bits per heavy atom. The minimum atomic E-state index is -3.91. The molecule has 3 aromatic carbocycles. The molecule has 1 aliphatic heterocycles. The molecule has 1 saturated heterocycles. The largest absolute Gasteiger partial charge is 0.497 e. The lowest BCUT2D eigenvalue weighted by Crippen LogP contribution is -2.47. The molecule has 0 saturated carbocycles. The summed E-state index contributed by atoms with van der Waals surface area (Å²) in [5, 5.41) is 9.78. The molecule has 2 N–H and O–H groups in total. The van der Waals surface area contributed by atoms with Gasteiger partial charge in [-0.25, -0.2) is 17.6 Å². The number of hydrogen-bond acceptors (Lipinski definition) is 6. The fraction of sp³-hybridized carbons (Fsp3) is 0.208. The first-order valence-electron chi connectivity index (χ1n) is 10.6. The van der Waals surface area contributed by atoms with Crippen LogP contribution in [0.5, 0.6) is 5.75 Å². The van der Waals surface area contributed by atoms with Gasteiger partial charge in [-0.05, 0) is 54.6 Å². The quantitative estimate of drug-likeness (QED) is 0.527. The molecule has 0 aliphatic carbocycles. The zero-order valence-corrected chi connectivity index (χ0v) is 19.3. The Morgan fingerprint density at radius 1 is 0.941 bits per heavy atom. The molecule has 3 aromatic rings. The van der Waals surface area contributed by atoms with Crippen LogP contribution in [0.4, 0.5) is 21.5 Å². The van der Waals surface area contributed by atoms with Gasteiger partial charge in [0, 0.05) is 31.9 Å². The predicted molar refractivity (Wildman–Crippen MR) is 128 cm³/mol. The van der Waals surface area contributed by atoms with E-state index >= 15 is 0 Å². The maximum atomic E-state index is 14.1. The number of aromatic carboxylic acids is 1.